The van der Waals surface area contributed by atoms with E-state index in [9.17, 15) is 0 Å². The third-order valence-electron chi connectivity index (χ3n) is 2.86. The van der Waals surface area contributed by atoms with E-state index in [1.54, 1.807) is 13.3 Å². The SMILES string of the molecule is COC1CCN(c2ncc(Br)cc2Cl)CC1. The van der Waals surface area contributed by atoms with E-state index >= 15 is 0 Å². The Labute approximate surface area is 109 Å². The zero-order chi connectivity index (χ0) is 11.5. The normalized spacial score (nSPS) is 17.8. The fraction of sp³-hybridized carbons (Fsp3) is 0.545. The number of nitrogens with zero attached hydrogens (tertiary/aromatic N) is 2. The van der Waals surface area contributed by atoms with Gasteiger partial charge in [0.2, 0.25) is 0 Å². The maximum atomic E-state index is 6.17. The Morgan fingerprint density at radius 1 is 1.50 bits per heavy atom. The Hall–Kier alpha value is -0.320. The van der Waals surface area contributed by atoms with Crippen LogP contribution in [0.5, 0.6) is 0 Å². The van der Waals surface area contributed by atoms with E-state index in [4.69, 9.17) is 16.3 Å². The van der Waals surface area contributed by atoms with Crippen molar-refractivity contribution < 1.29 is 4.74 Å². The van der Waals surface area contributed by atoms with E-state index in [1.807, 2.05) is 6.07 Å². The quantitative estimate of drug-likeness (QED) is 0.839. The van der Waals surface area contributed by atoms with E-state index in [1.165, 1.54) is 0 Å². The van der Waals surface area contributed by atoms with Crippen LogP contribution in [0.15, 0.2) is 16.7 Å². The van der Waals surface area contributed by atoms with Gasteiger partial charge in [-0.25, -0.2) is 4.98 Å². The van der Waals surface area contributed by atoms with Crippen molar-refractivity contribution in [1.29, 1.82) is 0 Å². The second kappa shape index (κ2) is 5.34. The van der Waals surface area contributed by atoms with E-state index < -0.39 is 0 Å². The molecule has 0 saturated carbocycles. The molecule has 1 aromatic rings. The molecule has 1 saturated heterocycles. The van der Waals surface area contributed by atoms with Crippen molar-refractivity contribution in [2.45, 2.75) is 18.9 Å². The first-order valence-corrected chi connectivity index (χ1v) is 6.46. The summed E-state index contributed by atoms with van der Waals surface area (Å²) in [6.07, 6.45) is 4.23. The molecule has 0 aliphatic carbocycles. The lowest BCUT2D eigenvalue weighted by atomic mass is 10.1. The molecule has 0 radical (unpaired) electrons. The monoisotopic (exact) mass is 304 g/mol. The maximum absolute atomic E-state index is 6.17. The van der Waals surface area contributed by atoms with Crippen LogP contribution in [-0.2, 0) is 4.74 Å². The summed E-state index contributed by atoms with van der Waals surface area (Å²) in [5.74, 6) is 0.874. The molecule has 1 aliphatic heterocycles. The van der Waals surface area contributed by atoms with Crippen LogP contribution >= 0.6 is 27.5 Å². The number of anilines is 1. The Morgan fingerprint density at radius 3 is 2.75 bits per heavy atom. The van der Waals surface area contributed by atoms with E-state index in [-0.39, 0.29) is 0 Å². The number of halogens is 2. The van der Waals surface area contributed by atoms with Crippen LogP contribution in [0.4, 0.5) is 5.82 Å². The summed E-state index contributed by atoms with van der Waals surface area (Å²) in [4.78, 5) is 6.57. The maximum Gasteiger partial charge on any atom is 0.147 e. The van der Waals surface area contributed by atoms with Gasteiger partial charge in [-0.1, -0.05) is 11.6 Å². The summed E-state index contributed by atoms with van der Waals surface area (Å²) in [6.45, 7) is 1.90. The highest BCUT2D eigenvalue weighted by Crippen LogP contribution is 2.28. The highest BCUT2D eigenvalue weighted by Gasteiger charge is 2.21. The molecule has 0 spiro atoms. The minimum absolute atomic E-state index is 0.380. The number of pyridine rings is 1. The number of aromatic nitrogens is 1. The van der Waals surface area contributed by atoms with Gasteiger partial charge in [-0.05, 0) is 34.8 Å². The fourth-order valence-electron chi connectivity index (χ4n) is 1.94. The van der Waals surface area contributed by atoms with Gasteiger partial charge in [0.25, 0.3) is 0 Å². The molecular weight excluding hydrogens is 291 g/mol. The molecule has 0 aromatic carbocycles. The zero-order valence-electron chi connectivity index (χ0n) is 9.12. The van der Waals surface area contributed by atoms with Gasteiger partial charge in [0.05, 0.1) is 11.1 Å². The zero-order valence-corrected chi connectivity index (χ0v) is 11.5. The van der Waals surface area contributed by atoms with Gasteiger partial charge in [0.15, 0.2) is 0 Å². The highest BCUT2D eigenvalue weighted by atomic mass is 79.9. The second-order valence-electron chi connectivity index (χ2n) is 3.88. The number of hydrogen-bond donors (Lipinski definition) is 0. The molecule has 88 valence electrons. The Morgan fingerprint density at radius 2 is 2.19 bits per heavy atom. The topological polar surface area (TPSA) is 25.4 Å². The molecule has 0 atom stereocenters. The summed E-state index contributed by atoms with van der Waals surface area (Å²) < 4.78 is 6.25. The van der Waals surface area contributed by atoms with Crippen molar-refractivity contribution in [2.75, 3.05) is 25.1 Å². The van der Waals surface area contributed by atoms with Crippen molar-refractivity contribution in [1.82, 2.24) is 4.98 Å². The molecular formula is C11H14BrClN2O. The lowest BCUT2D eigenvalue weighted by Crippen LogP contribution is -2.37. The first-order chi connectivity index (χ1) is 7.70. The van der Waals surface area contributed by atoms with Gasteiger partial charge in [0.1, 0.15) is 5.82 Å². The molecule has 1 aliphatic rings. The molecule has 0 unspecified atom stereocenters. The van der Waals surface area contributed by atoms with Crippen LogP contribution in [0, 0.1) is 0 Å². The third-order valence-corrected chi connectivity index (χ3v) is 3.58. The number of rotatable bonds is 2. The van der Waals surface area contributed by atoms with Crippen LogP contribution in [0.1, 0.15) is 12.8 Å². The largest absolute Gasteiger partial charge is 0.381 e. The minimum atomic E-state index is 0.380. The number of methoxy groups -OCH3 is 1. The van der Waals surface area contributed by atoms with E-state index in [0.29, 0.717) is 11.1 Å². The van der Waals surface area contributed by atoms with Crippen LogP contribution in [0.3, 0.4) is 0 Å². The van der Waals surface area contributed by atoms with E-state index in [2.05, 4.69) is 25.8 Å². The predicted molar refractivity (Wildman–Crippen MR) is 69.2 cm³/mol. The third kappa shape index (κ3) is 2.67. The van der Waals surface area contributed by atoms with Crippen LogP contribution in [-0.4, -0.2) is 31.3 Å². The summed E-state index contributed by atoms with van der Waals surface area (Å²) in [7, 11) is 1.77. The van der Waals surface area contributed by atoms with Gasteiger partial charge in [-0.3, -0.25) is 0 Å². The molecule has 1 fully saturated rings. The van der Waals surface area contributed by atoms with Gasteiger partial charge >= 0.3 is 0 Å². The second-order valence-corrected chi connectivity index (χ2v) is 5.20. The van der Waals surface area contributed by atoms with Crippen molar-refractivity contribution in [3.05, 3.63) is 21.8 Å². The van der Waals surface area contributed by atoms with Gasteiger partial charge in [-0.2, -0.15) is 0 Å². The van der Waals surface area contributed by atoms with Gasteiger partial charge < -0.3 is 9.64 Å². The smallest absolute Gasteiger partial charge is 0.147 e. The molecule has 16 heavy (non-hydrogen) atoms. The van der Waals surface area contributed by atoms with Crippen molar-refractivity contribution >= 4 is 33.3 Å². The number of ether oxygens (including phenoxy) is 1. The number of hydrogen-bond acceptors (Lipinski definition) is 3. The Bertz CT molecular complexity index is 367. The highest BCUT2D eigenvalue weighted by molar-refractivity contribution is 9.10. The van der Waals surface area contributed by atoms with Gasteiger partial charge in [-0.15, -0.1) is 0 Å². The molecule has 1 aromatic heterocycles. The van der Waals surface area contributed by atoms with E-state index in [0.717, 1.165) is 36.2 Å². The Balaban J connectivity index is 2.08. The Kier molecular flexibility index (Phi) is 4.05. The molecule has 3 nitrogen and oxygen atoms in total. The molecule has 2 heterocycles. The predicted octanol–water partition coefficient (Wildman–Crippen LogP) is 3.11. The van der Waals surface area contributed by atoms with Crippen molar-refractivity contribution in [3.63, 3.8) is 0 Å². The molecule has 5 heteroatoms. The average molecular weight is 306 g/mol. The van der Waals surface area contributed by atoms with Gasteiger partial charge in [0, 0.05) is 30.9 Å². The summed E-state index contributed by atoms with van der Waals surface area (Å²) in [5, 5.41) is 0.699. The molecule has 0 amide bonds. The lowest BCUT2D eigenvalue weighted by molar-refractivity contribution is 0.0818. The summed E-state index contributed by atoms with van der Waals surface area (Å²) >= 11 is 9.52. The first-order valence-electron chi connectivity index (χ1n) is 5.29. The molecule has 0 N–H and O–H groups in total. The molecule has 2 rings (SSSR count). The average Bonchev–Trinajstić information content (AvgIpc) is 2.29. The summed E-state index contributed by atoms with van der Waals surface area (Å²) in [6, 6.07) is 1.88. The number of piperidine rings is 1. The minimum Gasteiger partial charge on any atom is -0.381 e. The van der Waals surface area contributed by atoms with Crippen LogP contribution < -0.4 is 4.90 Å². The lowest BCUT2D eigenvalue weighted by Gasteiger charge is -2.32. The first kappa shape index (κ1) is 12.1. The van der Waals surface area contributed by atoms with Crippen molar-refractivity contribution in [3.8, 4) is 0 Å². The van der Waals surface area contributed by atoms with Crippen molar-refractivity contribution in [2.24, 2.45) is 0 Å². The fourth-order valence-corrected chi connectivity index (χ4v) is 2.69. The summed E-state index contributed by atoms with van der Waals surface area (Å²) in [5.41, 5.74) is 0. The molecule has 0 bridgehead atoms. The van der Waals surface area contributed by atoms with Crippen LogP contribution in [0.25, 0.3) is 0 Å². The van der Waals surface area contributed by atoms with Crippen LogP contribution in [0.2, 0.25) is 5.02 Å². The standard InChI is InChI=1S/C11H14BrClN2O/c1-16-9-2-4-15(5-3-9)11-10(13)6-8(12)7-14-11/h6-7,9H,2-5H2,1H3.